The molecule has 0 unspecified atom stereocenters. The standard InChI is InChI=1S/C2H6S.S/c1-3-2;/h1-2H3;. The second-order valence-corrected chi connectivity index (χ2v) is 1.22. The van der Waals surface area contributed by atoms with E-state index in [0.29, 0.717) is 0 Å². The molecule has 0 saturated heterocycles. The van der Waals surface area contributed by atoms with Gasteiger partial charge in [-0.15, -0.1) is 0 Å². The van der Waals surface area contributed by atoms with Crippen LogP contribution in [0.4, 0.5) is 0 Å². The van der Waals surface area contributed by atoms with Crippen LogP contribution in [0.15, 0.2) is 0 Å². The Morgan fingerprint density at radius 1 is 1.25 bits per heavy atom. The van der Waals surface area contributed by atoms with Crippen molar-refractivity contribution < 1.29 is 0 Å². The summed E-state index contributed by atoms with van der Waals surface area (Å²) in [5, 5.41) is 0. The topological polar surface area (TPSA) is 0 Å². The first-order valence-electron chi connectivity index (χ1n) is 0.816. The Kier molecular flexibility index (Phi) is 20.6. The second-order valence-electron chi connectivity index (χ2n) is 0.408. The maximum atomic E-state index is 2.04. The molecule has 4 heavy (non-hydrogen) atoms. The highest BCUT2D eigenvalue weighted by atomic mass is 32.2. The molecule has 0 aliphatic rings. The second kappa shape index (κ2) is 9.33. The summed E-state index contributed by atoms with van der Waals surface area (Å²) in [6.07, 6.45) is 4.08. The van der Waals surface area contributed by atoms with Crippen molar-refractivity contribution in [3.05, 3.63) is 0 Å². The molecule has 0 nitrogen and oxygen atoms in total. The van der Waals surface area contributed by atoms with Gasteiger partial charge in [-0.2, -0.15) is 11.8 Å². The summed E-state index contributed by atoms with van der Waals surface area (Å²) in [6, 6.07) is 0. The van der Waals surface area contributed by atoms with Crippen LogP contribution in [0.2, 0.25) is 0 Å². The summed E-state index contributed by atoms with van der Waals surface area (Å²) in [7, 11) is 0. The van der Waals surface area contributed by atoms with Crippen molar-refractivity contribution in [1.82, 2.24) is 0 Å². The van der Waals surface area contributed by atoms with Crippen LogP contribution in [0.5, 0.6) is 0 Å². The third-order valence-corrected chi connectivity index (χ3v) is 0. The smallest absolute Gasteiger partial charge is 0 e. The molecule has 0 heterocycles. The average molecular weight is 94.2 g/mol. The first-order valence-corrected chi connectivity index (χ1v) is 2.45. The molecule has 0 aromatic carbocycles. The molecule has 2 radical (unpaired) electrons. The van der Waals surface area contributed by atoms with Crippen LogP contribution >= 0.6 is 25.3 Å². The van der Waals surface area contributed by atoms with Gasteiger partial charge in [-0.1, -0.05) is 0 Å². The fourth-order valence-electron chi connectivity index (χ4n) is 0. The van der Waals surface area contributed by atoms with Crippen molar-refractivity contribution >= 4 is 25.3 Å². The van der Waals surface area contributed by atoms with Crippen molar-refractivity contribution in [3.8, 4) is 0 Å². The lowest BCUT2D eigenvalue weighted by molar-refractivity contribution is 2.37. The quantitative estimate of drug-likeness (QED) is 0.439. The van der Waals surface area contributed by atoms with E-state index < -0.39 is 0 Å². The third-order valence-electron chi connectivity index (χ3n) is 0. The first-order chi connectivity index (χ1) is 1.41. The molecule has 0 spiro atoms. The zero-order chi connectivity index (χ0) is 2.71. The van der Waals surface area contributed by atoms with Gasteiger partial charge < -0.3 is 0 Å². The normalized spacial score (nSPS) is 4.50. The van der Waals surface area contributed by atoms with Gasteiger partial charge in [0.25, 0.3) is 0 Å². The van der Waals surface area contributed by atoms with E-state index in [4.69, 9.17) is 0 Å². The van der Waals surface area contributed by atoms with Gasteiger partial charge in [-0.05, 0) is 12.5 Å². The Hall–Kier alpha value is 0.700. The van der Waals surface area contributed by atoms with Gasteiger partial charge >= 0.3 is 0 Å². The summed E-state index contributed by atoms with van der Waals surface area (Å²) in [6.45, 7) is 0. The van der Waals surface area contributed by atoms with Crippen molar-refractivity contribution in [3.63, 3.8) is 0 Å². The average Bonchev–Trinajstić information content (AvgIpc) is 0.918. The highest BCUT2D eigenvalue weighted by molar-refractivity contribution is 7.97. The molecular weight excluding hydrogens is 88.2 g/mol. The largest absolute Gasteiger partial charge is 0.169 e. The Labute approximate surface area is 38.4 Å². The molecule has 26 valence electrons. The summed E-state index contributed by atoms with van der Waals surface area (Å²) in [5.74, 6) is 0. The molecule has 0 aliphatic carbocycles. The Morgan fingerprint density at radius 3 is 1.25 bits per heavy atom. The minimum absolute atomic E-state index is 0. The lowest BCUT2D eigenvalue weighted by Gasteiger charge is -1.51. The van der Waals surface area contributed by atoms with Crippen molar-refractivity contribution in [1.29, 1.82) is 0 Å². The molecule has 0 aromatic heterocycles. The first kappa shape index (κ1) is 8.83. The maximum absolute atomic E-state index is 2.04. The van der Waals surface area contributed by atoms with Gasteiger partial charge in [0.05, 0.1) is 0 Å². The summed E-state index contributed by atoms with van der Waals surface area (Å²) < 4.78 is 0. The van der Waals surface area contributed by atoms with Crippen LogP contribution in [-0.2, 0) is 0 Å². The molecule has 0 amide bonds. The van der Waals surface area contributed by atoms with E-state index >= 15 is 0 Å². The highest BCUT2D eigenvalue weighted by Gasteiger charge is 1.32. The molecule has 0 N–H and O–H groups in total. The van der Waals surface area contributed by atoms with E-state index in [1.54, 1.807) is 11.8 Å². The summed E-state index contributed by atoms with van der Waals surface area (Å²) in [5.41, 5.74) is 0. The zero-order valence-electron chi connectivity index (χ0n) is 2.82. The van der Waals surface area contributed by atoms with Gasteiger partial charge in [0.15, 0.2) is 0 Å². The molecule has 0 saturated carbocycles. The molecule has 0 bridgehead atoms. The van der Waals surface area contributed by atoms with E-state index in [2.05, 4.69) is 0 Å². The SMILES string of the molecule is CSC.[S]. The molecule has 2 heteroatoms. The third kappa shape index (κ3) is 15.9. The zero-order valence-corrected chi connectivity index (χ0v) is 4.45. The summed E-state index contributed by atoms with van der Waals surface area (Å²) >= 11 is 1.75. The highest BCUT2D eigenvalue weighted by Crippen LogP contribution is 1.70. The van der Waals surface area contributed by atoms with Gasteiger partial charge in [-0.3, -0.25) is 0 Å². The predicted molar refractivity (Wildman–Crippen MR) is 27.0 cm³/mol. The maximum Gasteiger partial charge on any atom is 0 e. The van der Waals surface area contributed by atoms with Gasteiger partial charge in [-0.25, -0.2) is 0 Å². The lowest BCUT2D eigenvalue weighted by atomic mass is 11.9. The molecule has 0 aliphatic heterocycles. The number of hydrogen-bond donors (Lipinski definition) is 0. The van der Waals surface area contributed by atoms with E-state index in [1.165, 1.54) is 0 Å². The Morgan fingerprint density at radius 2 is 1.25 bits per heavy atom. The van der Waals surface area contributed by atoms with Crippen LogP contribution in [0.3, 0.4) is 0 Å². The van der Waals surface area contributed by atoms with Crippen LogP contribution in [0.1, 0.15) is 0 Å². The minimum atomic E-state index is 0. The Bertz CT molecular complexity index is 4.00. The van der Waals surface area contributed by atoms with Crippen LogP contribution in [0.25, 0.3) is 0 Å². The van der Waals surface area contributed by atoms with Crippen LogP contribution in [-0.4, -0.2) is 12.5 Å². The van der Waals surface area contributed by atoms with E-state index in [0.717, 1.165) is 0 Å². The molecule has 0 rings (SSSR count). The van der Waals surface area contributed by atoms with Crippen molar-refractivity contribution in [2.24, 2.45) is 0 Å². The monoisotopic (exact) mass is 94.0 g/mol. The molecule has 0 atom stereocenters. The predicted octanol–water partition coefficient (Wildman–Crippen LogP) is 1.63. The fourth-order valence-corrected chi connectivity index (χ4v) is 0. The van der Waals surface area contributed by atoms with E-state index in [-0.39, 0.29) is 13.5 Å². The van der Waals surface area contributed by atoms with Gasteiger partial charge in [0.2, 0.25) is 0 Å². The lowest BCUT2D eigenvalue weighted by Crippen LogP contribution is -1.25. The van der Waals surface area contributed by atoms with Crippen LogP contribution < -0.4 is 0 Å². The van der Waals surface area contributed by atoms with Crippen molar-refractivity contribution in [2.75, 3.05) is 12.5 Å². The van der Waals surface area contributed by atoms with Gasteiger partial charge in [0, 0.05) is 13.5 Å². The molecular formula is C2H6S2. The van der Waals surface area contributed by atoms with Gasteiger partial charge in [0.1, 0.15) is 0 Å². The minimum Gasteiger partial charge on any atom is -0.169 e. The van der Waals surface area contributed by atoms with Crippen molar-refractivity contribution in [2.45, 2.75) is 0 Å². The summed E-state index contributed by atoms with van der Waals surface area (Å²) in [4.78, 5) is 0. The number of rotatable bonds is 0. The molecule has 0 aromatic rings. The fraction of sp³-hybridized carbons (Fsp3) is 1.00. The van der Waals surface area contributed by atoms with E-state index in [9.17, 15) is 0 Å². The van der Waals surface area contributed by atoms with Crippen LogP contribution in [0, 0.1) is 0 Å². The molecule has 0 fully saturated rings. The number of thioether (sulfide) groups is 1. The Balaban J connectivity index is 0. The van der Waals surface area contributed by atoms with E-state index in [1.807, 2.05) is 12.5 Å². The number of hydrogen-bond acceptors (Lipinski definition) is 1.